The Morgan fingerprint density at radius 1 is 0.636 bits per heavy atom. The van der Waals surface area contributed by atoms with Gasteiger partial charge >= 0.3 is 0 Å². The van der Waals surface area contributed by atoms with Gasteiger partial charge in [0.2, 0.25) is 0 Å². The Morgan fingerprint density at radius 3 is 0.636 bits per heavy atom. The molecular weight excluding hydrogens is 178 g/mol. The quantitative estimate of drug-likeness (QED) is 0.563. The van der Waals surface area contributed by atoms with Gasteiger partial charge in [0.1, 0.15) is 0 Å². The van der Waals surface area contributed by atoms with Crippen LogP contribution in [0.15, 0.2) is 0 Å². The lowest BCUT2D eigenvalue weighted by Crippen LogP contribution is -1.61. The first-order chi connectivity index (χ1) is 4.00. The zero-order valence-electron chi connectivity index (χ0n) is 7.71. The molecule has 0 radical (unpaired) electrons. The minimum absolute atomic E-state index is 0. The fraction of sp³-hybridized carbons (Fsp3) is 1.00. The summed E-state index contributed by atoms with van der Waals surface area (Å²) in [5, 5.41) is 0. The highest BCUT2D eigenvalue weighted by Gasteiger charge is 1.89. The summed E-state index contributed by atoms with van der Waals surface area (Å²) >= 11 is 0. The minimum atomic E-state index is -1.64. The van der Waals surface area contributed by atoms with E-state index in [1.165, 1.54) is 0 Å². The van der Waals surface area contributed by atoms with Gasteiger partial charge in [-0.3, -0.25) is 0 Å². The first-order valence-electron chi connectivity index (χ1n) is 3.05. The highest BCUT2D eigenvalue weighted by Crippen LogP contribution is 2.28. The van der Waals surface area contributed by atoms with Gasteiger partial charge < -0.3 is 9.13 Å². The van der Waals surface area contributed by atoms with Crippen molar-refractivity contribution < 1.29 is 9.13 Å². The van der Waals surface area contributed by atoms with Crippen molar-refractivity contribution in [3.8, 4) is 0 Å². The van der Waals surface area contributed by atoms with Gasteiger partial charge in [-0.25, -0.2) is 0 Å². The van der Waals surface area contributed by atoms with Crippen molar-refractivity contribution in [2.24, 2.45) is 0 Å². The largest absolute Gasteiger partial charge is 0.324 e. The Balaban J connectivity index is -0.000000107. The summed E-state index contributed by atoms with van der Waals surface area (Å²) in [6, 6.07) is 0. The fourth-order valence-electron chi connectivity index (χ4n) is 0. The summed E-state index contributed by atoms with van der Waals surface area (Å²) in [4.78, 5) is 0. The van der Waals surface area contributed by atoms with Crippen LogP contribution < -0.4 is 0 Å². The molecule has 0 amide bonds. The Hall–Kier alpha value is 0.460. The van der Waals surface area contributed by atoms with Crippen molar-refractivity contribution in [1.82, 2.24) is 0 Å². The van der Waals surface area contributed by atoms with Gasteiger partial charge in [0.25, 0.3) is 0 Å². The van der Waals surface area contributed by atoms with Gasteiger partial charge in [-0.15, -0.1) is 0 Å². The summed E-state index contributed by atoms with van der Waals surface area (Å²) in [6.07, 6.45) is 0. The molecule has 0 rings (SSSR count). The number of hydrogen-bond donors (Lipinski definition) is 0. The lowest BCUT2D eigenvalue weighted by atomic mass is 11.9. The van der Waals surface area contributed by atoms with Gasteiger partial charge in [0.05, 0.1) is 14.3 Å². The zero-order valence-corrected chi connectivity index (χ0v) is 9.50. The molecular formula is C7H22O2P2. The van der Waals surface area contributed by atoms with Crippen molar-refractivity contribution in [3.63, 3.8) is 0 Å². The van der Waals surface area contributed by atoms with E-state index in [4.69, 9.17) is 0 Å². The zero-order chi connectivity index (χ0) is 9.00. The van der Waals surface area contributed by atoms with E-state index in [0.717, 1.165) is 0 Å². The van der Waals surface area contributed by atoms with Crippen LogP contribution >= 0.6 is 14.3 Å². The maximum Gasteiger partial charge on any atom is 0.0790 e. The van der Waals surface area contributed by atoms with E-state index in [9.17, 15) is 9.13 Å². The van der Waals surface area contributed by atoms with E-state index in [1.54, 1.807) is 40.0 Å². The highest BCUT2D eigenvalue weighted by atomic mass is 31.2. The normalized spacial score (nSPS) is 10.7. The third kappa shape index (κ3) is 3540. The SMILES string of the molecule is C.CP(C)(C)=O.CP(C)(C)=O. The minimum Gasteiger partial charge on any atom is -0.324 e. The Bertz CT molecular complexity index is 127. The van der Waals surface area contributed by atoms with Crippen LogP contribution in [0.5, 0.6) is 0 Å². The molecule has 0 heterocycles. The molecule has 0 saturated heterocycles. The summed E-state index contributed by atoms with van der Waals surface area (Å²) in [7, 11) is -3.28. The van der Waals surface area contributed by atoms with Crippen LogP contribution in [-0.2, 0) is 9.13 Å². The Kier molecular flexibility index (Phi) is 9.60. The summed E-state index contributed by atoms with van der Waals surface area (Å²) in [5.41, 5.74) is 0. The fourth-order valence-corrected chi connectivity index (χ4v) is 0. The Labute approximate surface area is 71.5 Å². The third-order valence-electron chi connectivity index (χ3n) is 0. The summed E-state index contributed by atoms with van der Waals surface area (Å²) in [5.74, 6) is 0. The molecule has 0 spiro atoms. The predicted molar refractivity (Wildman–Crippen MR) is 57.5 cm³/mol. The molecule has 0 aliphatic carbocycles. The molecule has 2 nitrogen and oxygen atoms in total. The van der Waals surface area contributed by atoms with Crippen LogP contribution in [0.1, 0.15) is 7.43 Å². The van der Waals surface area contributed by atoms with Gasteiger partial charge in [0.15, 0.2) is 0 Å². The molecule has 0 aromatic carbocycles. The van der Waals surface area contributed by atoms with Crippen LogP contribution in [0, 0.1) is 0 Å². The molecule has 0 saturated carbocycles. The van der Waals surface area contributed by atoms with Crippen LogP contribution in [0.4, 0.5) is 0 Å². The van der Waals surface area contributed by atoms with Crippen LogP contribution in [0.25, 0.3) is 0 Å². The molecule has 0 aromatic rings. The summed E-state index contributed by atoms with van der Waals surface area (Å²) in [6.45, 7) is 10.5. The lowest BCUT2D eigenvalue weighted by molar-refractivity contribution is 0.585. The summed E-state index contributed by atoms with van der Waals surface area (Å²) < 4.78 is 20.4. The maximum atomic E-state index is 10.2. The average molecular weight is 200 g/mol. The van der Waals surface area contributed by atoms with E-state index >= 15 is 0 Å². The smallest absolute Gasteiger partial charge is 0.0790 e. The van der Waals surface area contributed by atoms with Gasteiger partial charge in [-0.05, 0) is 40.0 Å². The molecule has 0 aliphatic heterocycles. The van der Waals surface area contributed by atoms with Crippen LogP contribution in [0.3, 0.4) is 0 Å². The van der Waals surface area contributed by atoms with E-state index in [-0.39, 0.29) is 7.43 Å². The van der Waals surface area contributed by atoms with Crippen molar-refractivity contribution >= 4 is 14.3 Å². The Morgan fingerprint density at radius 2 is 0.636 bits per heavy atom. The van der Waals surface area contributed by atoms with Crippen molar-refractivity contribution in [3.05, 3.63) is 0 Å². The lowest BCUT2D eigenvalue weighted by Gasteiger charge is -1.86. The molecule has 0 N–H and O–H groups in total. The first-order valence-corrected chi connectivity index (χ1v) is 9.15. The number of hydrogen-bond acceptors (Lipinski definition) is 2. The predicted octanol–water partition coefficient (Wildman–Crippen LogP) is 3.11. The van der Waals surface area contributed by atoms with Crippen LogP contribution in [0.2, 0.25) is 0 Å². The van der Waals surface area contributed by atoms with Gasteiger partial charge in [-0.1, -0.05) is 7.43 Å². The molecule has 4 heteroatoms. The number of rotatable bonds is 0. The molecule has 0 aromatic heterocycles. The van der Waals surface area contributed by atoms with E-state index < -0.39 is 14.3 Å². The van der Waals surface area contributed by atoms with Crippen molar-refractivity contribution in [1.29, 1.82) is 0 Å². The van der Waals surface area contributed by atoms with Crippen molar-refractivity contribution in [2.45, 2.75) is 7.43 Å². The standard InChI is InChI=1S/2C3H9OP.CH4/c2*1-5(2,3)4;/h2*1-3H3;1H4. The second-order valence-electron chi connectivity index (χ2n) is 3.78. The molecule has 11 heavy (non-hydrogen) atoms. The van der Waals surface area contributed by atoms with Gasteiger partial charge in [0, 0.05) is 0 Å². The second-order valence-corrected chi connectivity index (χ2v) is 11.3. The molecule has 0 atom stereocenters. The van der Waals surface area contributed by atoms with Gasteiger partial charge in [-0.2, -0.15) is 0 Å². The molecule has 72 valence electrons. The topological polar surface area (TPSA) is 34.1 Å². The molecule has 0 aliphatic rings. The monoisotopic (exact) mass is 200 g/mol. The highest BCUT2D eigenvalue weighted by molar-refractivity contribution is 7.61. The van der Waals surface area contributed by atoms with E-state index in [2.05, 4.69) is 0 Å². The van der Waals surface area contributed by atoms with Crippen LogP contribution in [-0.4, -0.2) is 40.0 Å². The third-order valence-corrected chi connectivity index (χ3v) is 0. The molecule has 0 fully saturated rings. The maximum absolute atomic E-state index is 10.2. The second kappa shape index (κ2) is 6.03. The molecule has 0 unspecified atom stereocenters. The van der Waals surface area contributed by atoms with E-state index in [0.29, 0.717) is 0 Å². The first kappa shape index (κ1) is 17.5. The van der Waals surface area contributed by atoms with E-state index in [1.807, 2.05) is 0 Å². The average Bonchev–Trinajstić information content (AvgIpc) is 1.12. The molecule has 0 bridgehead atoms. The van der Waals surface area contributed by atoms with Crippen molar-refractivity contribution in [2.75, 3.05) is 40.0 Å².